The molecule has 0 heterocycles. The van der Waals surface area contributed by atoms with Crippen molar-refractivity contribution in [2.75, 3.05) is 13.1 Å². The largest absolute Gasteiger partial charge is 0.335 e. The summed E-state index contributed by atoms with van der Waals surface area (Å²) in [4.78, 5) is 14.1. The summed E-state index contributed by atoms with van der Waals surface area (Å²) < 4.78 is 0. The van der Waals surface area contributed by atoms with Crippen molar-refractivity contribution in [1.29, 1.82) is 0 Å². The van der Waals surface area contributed by atoms with Crippen LogP contribution in [0.5, 0.6) is 0 Å². The zero-order chi connectivity index (χ0) is 12.5. The molecule has 3 nitrogen and oxygen atoms in total. The van der Waals surface area contributed by atoms with E-state index >= 15 is 0 Å². The van der Waals surface area contributed by atoms with Gasteiger partial charge in [0.25, 0.3) is 0 Å². The van der Waals surface area contributed by atoms with E-state index in [2.05, 4.69) is 19.2 Å². The highest BCUT2D eigenvalue weighted by atomic mass is 16.2. The molecule has 1 rings (SSSR count). The summed E-state index contributed by atoms with van der Waals surface area (Å²) in [5.74, 6) is 0. The quantitative estimate of drug-likeness (QED) is 0.725. The second kappa shape index (κ2) is 8.37. The molecule has 1 N–H and O–H groups in total. The van der Waals surface area contributed by atoms with Gasteiger partial charge in [-0.2, -0.15) is 0 Å². The number of amides is 2. The fourth-order valence-corrected chi connectivity index (χ4v) is 2.35. The number of urea groups is 1. The van der Waals surface area contributed by atoms with Crippen LogP contribution in [0, 0.1) is 0 Å². The van der Waals surface area contributed by atoms with Gasteiger partial charge in [0.05, 0.1) is 0 Å². The van der Waals surface area contributed by atoms with Gasteiger partial charge in [-0.1, -0.05) is 39.5 Å². The molecule has 1 fully saturated rings. The van der Waals surface area contributed by atoms with Crippen molar-refractivity contribution in [2.45, 2.75) is 71.3 Å². The molecule has 0 atom stereocenters. The summed E-state index contributed by atoms with van der Waals surface area (Å²) in [5.41, 5.74) is 0. The van der Waals surface area contributed by atoms with Crippen LogP contribution in [-0.4, -0.2) is 30.1 Å². The number of hydrogen-bond acceptors (Lipinski definition) is 1. The van der Waals surface area contributed by atoms with Gasteiger partial charge in [-0.15, -0.1) is 0 Å². The predicted molar refractivity (Wildman–Crippen MR) is 72.2 cm³/mol. The molecule has 2 amide bonds. The summed E-state index contributed by atoms with van der Waals surface area (Å²) >= 11 is 0. The number of unbranched alkanes of at least 4 members (excludes halogenated alkanes) is 2. The summed E-state index contributed by atoms with van der Waals surface area (Å²) in [7, 11) is 0. The standard InChI is InChI=1S/C14H28N2O/c1-3-5-11-16(12-6-4-2)14(17)15-13-9-7-8-10-13/h13H,3-12H2,1-2H3,(H,15,17). The van der Waals surface area contributed by atoms with Crippen LogP contribution in [0.3, 0.4) is 0 Å². The second-order valence-electron chi connectivity index (χ2n) is 5.13. The zero-order valence-electron chi connectivity index (χ0n) is 11.5. The molecule has 0 aromatic rings. The van der Waals surface area contributed by atoms with Gasteiger partial charge in [0.2, 0.25) is 0 Å². The minimum absolute atomic E-state index is 0.166. The van der Waals surface area contributed by atoms with E-state index in [1.54, 1.807) is 0 Å². The lowest BCUT2D eigenvalue weighted by molar-refractivity contribution is 0.192. The molecule has 0 aromatic carbocycles. The summed E-state index contributed by atoms with van der Waals surface area (Å²) in [6.07, 6.45) is 9.41. The Labute approximate surface area is 106 Å². The summed E-state index contributed by atoms with van der Waals surface area (Å²) in [6, 6.07) is 0.604. The number of nitrogens with one attached hydrogen (secondary N) is 1. The van der Waals surface area contributed by atoms with Gasteiger partial charge >= 0.3 is 6.03 Å². The van der Waals surface area contributed by atoms with Gasteiger partial charge in [0, 0.05) is 19.1 Å². The maximum absolute atomic E-state index is 12.1. The lowest BCUT2D eigenvalue weighted by atomic mass is 10.2. The molecule has 0 spiro atoms. The van der Waals surface area contributed by atoms with Crippen LogP contribution in [0.15, 0.2) is 0 Å². The van der Waals surface area contributed by atoms with Crippen LogP contribution in [0.4, 0.5) is 4.79 Å². The first-order chi connectivity index (χ1) is 8.27. The highest BCUT2D eigenvalue weighted by molar-refractivity contribution is 5.74. The molecule has 0 bridgehead atoms. The zero-order valence-corrected chi connectivity index (χ0v) is 11.5. The third kappa shape index (κ3) is 5.42. The van der Waals surface area contributed by atoms with E-state index in [0.29, 0.717) is 6.04 Å². The average molecular weight is 240 g/mol. The number of nitrogens with zero attached hydrogens (tertiary/aromatic N) is 1. The molecule has 0 radical (unpaired) electrons. The highest BCUT2D eigenvalue weighted by Crippen LogP contribution is 2.17. The predicted octanol–water partition coefficient (Wildman–Crippen LogP) is 3.54. The van der Waals surface area contributed by atoms with Gasteiger partial charge in [-0.25, -0.2) is 4.79 Å². The number of rotatable bonds is 7. The van der Waals surface area contributed by atoms with Crippen molar-refractivity contribution in [2.24, 2.45) is 0 Å². The number of hydrogen-bond donors (Lipinski definition) is 1. The smallest absolute Gasteiger partial charge is 0.317 e. The van der Waals surface area contributed by atoms with E-state index in [9.17, 15) is 4.79 Å². The minimum atomic E-state index is 0.166. The summed E-state index contributed by atoms with van der Waals surface area (Å²) in [5, 5.41) is 3.18. The molecule has 1 aliphatic carbocycles. The maximum Gasteiger partial charge on any atom is 0.317 e. The van der Waals surface area contributed by atoms with Crippen molar-refractivity contribution >= 4 is 6.03 Å². The maximum atomic E-state index is 12.1. The Morgan fingerprint density at radius 3 is 2.12 bits per heavy atom. The third-order valence-electron chi connectivity index (χ3n) is 3.53. The second-order valence-corrected chi connectivity index (χ2v) is 5.13. The highest BCUT2D eigenvalue weighted by Gasteiger charge is 2.20. The van der Waals surface area contributed by atoms with Gasteiger partial charge in [-0.3, -0.25) is 0 Å². The first-order valence-electron chi connectivity index (χ1n) is 7.33. The van der Waals surface area contributed by atoms with Gasteiger partial charge in [0.1, 0.15) is 0 Å². The van der Waals surface area contributed by atoms with Crippen LogP contribution < -0.4 is 5.32 Å². The van der Waals surface area contributed by atoms with Crippen LogP contribution in [-0.2, 0) is 0 Å². The van der Waals surface area contributed by atoms with Crippen LogP contribution in [0.2, 0.25) is 0 Å². The lowest BCUT2D eigenvalue weighted by Gasteiger charge is -2.25. The Balaban J connectivity index is 2.34. The van der Waals surface area contributed by atoms with E-state index < -0.39 is 0 Å². The van der Waals surface area contributed by atoms with Crippen molar-refractivity contribution in [3.63, 3.8) is 0 Å². The van der Waals surface area contributed by atoms with Gasteiger partial charge in [0.15, 0.2) is 0 Å². The molecule has 0 saturated heterocycles. The number of carbonyl (C=O) groups excluding carboxylic acids is 1. The SMILES string of the molecule is CCCCN(CCCC)C(=O)NC1CCCC1. The molecule has 0 aromatic heterocycles. The molecule has 0 unspecified atom stereocenters. The molecular weight excluding hydrogens is 212 g/mol. The molecule has 1 saturated carbocycles. The monoisotopic (exact) mass is 240 g/mol. The van der Waals surface area contributed by atoms with E-state index in [1.165, 1.54) is 25.7 Å². The van der Waals surface area contributed by atoms with Crippen LogP contribution in [0.1, 0.15) is 65.2 Å². The topological polar surface area (TPSA) is 32.3 Å². The van der Waals surface area contributed by atoms with E-state index in [-0.39, 0.29) is 6.03 Å². The van der Waals surface area contributed by atoms with E-state index in [0.717, 1.165) is 38.8 Å². The van der Waals surface area contributed by atoms with E-state index in [1.807, 2.05) is 4.90 Å². The molecule has 3 heteroatoms. The Hall–Kier alpha value is -0.730. The van der Waals surface area contributed by atoms with Gasteiger partial charge < -0.3 is 10.2 Å². The summed E-state index contributed by atoms with van der Waals surface area (Å²) in [6.45, 7) is 6.17. The molecule has 0 aliphatic heterocycles. The van der Waals surface area contributed by atoms with Crippen LogP contribution >= 0.6 is 0 Å². The van der Waals surface area contributed by atoms with Crippen molar-refractivity contribution in [1.82, 2.24) is 10.2 Å². The lowest BCUT2D eigenvalue weighted by Crippen LogP contribution is -2.44. The Kier molecular flexibility index (Phi) is 7.06. The van der Waals surface area contributed by atoms with Gasteiger partial charge in [-0.05, 0) is 25.7 Å². The van der Waals surface area contributed by atoms with Crippen LogP contribution in [0.25, 0.3) is 0 Å². The molecular formula is C14H28N2O. The number of carbonyl (C=O) groups is 1. The Morgan fingerprint density at radius 2 is 1.65 bits per heavy atom. The normalized spacial score (nSPS) is 16.1. The Morgan fingerprint density at radius 1 is 1.12 bits per heavy atom. The third-order valence-corrected chi connectivity index (χ3v) is 3.53. The first kappa shape index (κ1) is 14.3. The van der Waals surface area contributed by atoms with E-state index in [4.69, 9.17) is 0 Å². The Bertz CT molecular complexity index is 204. The fraction of sp³-hybridized carbons (Fsp3) is 0.929. The van der Waals surface area contributed by atoms with Crippen molar-refractivity contribution < 1.29 is 4.79 Å². The molecule has 100 valence electrons. The van der Waals surface area contributed by atoms with Crippen molar-refractivity contribution in [3.05, 3.63) is 0 Å². The fourth-order valence-electron chi connectivity index (χ4n) is 2.35. The molecule has 1 aliphatic rings. The molecule has 17 heavy (non-hydrogen) atoms. The minimum Gasteiger partial charge on any atom is -0.335 e. The first-order valence-corrected chi connectivity index (χ1v) is 7.33. The van der Waals surface area contributed by atoms with Crippen molar-refractivity contribution in [3.8, 4) is 0 Å². The average Bonchev–Trinajstić information content (AvgIpc) is 2.82.